The average molecular weight is 418 g/mol. The fourth-order valence-corrected chi connectivity index (χ4v) is 3.66. The van der Waals surface area contributed by atoms with Crippen molar-refractivity contribution in [1.82, 2.24) is 0 Å². The van der Waals surface area contributed by atoms with Gasteiger partial charge in [-0.1, -0.05) is 15.9 Å². The van der Waals surface area contributed by atoms with Crippen LogP contribution in [0.25, 0.3) is 0 Å². The van der Waals surface area contributed by atoms with Crippen LogP contribution < -0.4 is 10.2 Å². The SMILES string of the molecule is Cc1cc(Br)ccc1NC(=O)c1cc([N+](=O)[O-])ccc1N1CCCCC1. The van der Waals surface area contributed by atoms with E-state index < -0.39 is 4.92 Å². The minimum Gasteiger partial charge on any atom is -0.371 e. The molecule has 0 aromatic heterocycles. The summed E-state index contributed by atoms with van der Waals surface area (Å²) in [6, 6.07) is 10.1. The molecular weight excluding hydrogens is 398 g/mol. The Hall–Kier alpha value is -2.41. The van der Waals surface area contributed by atoms with Gasteiger partial charge in [-0.25, -0.2) is 0 Å². The molecule has 0 radical (unpaired) electrons. The van der Waals surface area contributed by atoms with E-state index in [2.05, 4.69) is 26.1 Å². The van der Waals surface area contributed by atoms with E-state index in [-0.39, 0.29) is 11.6 Å². The second-order valence-electron chi connectivity index (χ2n) is 6.42. The summed E-state index contributed by atoms with van der Waals surface area (Å²) in [6.45, 7) is 3.62. The minimum atomic E-state index is -0.471. The summed E-state index contributed by atoms with van der Waals surface area (Å²) in [5.41, 5.74) is 2.61. The summed E-state index contributed by atoms with van der Waals surface area (Å²) in [6.07, 6.45) is 3.29. The third-order valence-electron chi connectivity index (χ3n) is 4.57. The number of hydrogen-bond acceptors (Lipinski definition) is 4. The van der Waals surface area contributed by atoms with Crippen molar-refractivity contribution >= 4 is 38.9 Å². The second-order valence-corrected chi connectivity index (χ2v) is 7.34. The predicted molar refractivity (Wildman–Crippen MR) is 106 cm³/mol. The van der Waals surface area contributed by atoms with Gasteiger partial charge in [-0.05, 0) is 56.0 Å². The number of nitro benzene ring substituents is 1. The van der Waals surface area contributed by atoms with Gasteiger partial charge in [0.15, 0.2) is 0 Å². The van der Waals surface area contributed by atoms with Gasteiger partial charge in [-0.2, -0.15) is 0 Å². The summed E-state index contributed by atoms with van der Waals surface area (Å²) in [4.78, 5) is 25.8. The zero-order valence-electron chi connectivity index (χ0n) is 14.5. The highest BCUT2D eigenvalue weighted by Gasteiger charge is 2.22. The lowest BCUT2D eigenvalue weighted by Gasteiger charge is -2.30. The van der Waals surface area contributed by atoms with E-state index in [1.54, 1.807) is 6.07 Å². The molecule has 1 fully saturated rings. The van der Waals surface area contributed by atoms with Gasteiger partial charge in [-0.15, -0.1) is 0 Å². The fourth-order valence-electron chi connectivity index (χ4n) is 3.19. The van der Waals surface area contributed by atoms with Gasteiger partial charge in [0.05, 0.1) is 16.2 Å². The number of piperidine rings is 1. The monoisotopic (exact) mass is 417 g/mol. The van der Waals surface area contributed by atoms with Gasteiger partial charge in [0.2, 0.25) is 0 Å². The van der Waals surface area contributed by atoms with Gasteiger partial charge < -0.3 is 10.2 Å². The number of hydrogen-bond donors (Lipinski definition) is 1. The molecule has 0 saturated carbocycles. The maximum Gasteiger partial charge on any atom is 0.270 e. The molecule has 136 valence electrons. The van der Waals surface area contributed by atoms with Crippen LogP contribution in [0.15, 0.2) is 40.9 Å². The number of amides is 1. The van der Waals surface area contributed by atoms with Crippen LogP contribution in [0.3, 0.4) is 0 Å². The number of aryl methyl sites for hydroxylation is 1. The molecule has 0 bridgehead atoms. The van der Waals surface area contributed by atoms with Crippen LogP contribution in [0, 0.1) is 17.0 Å². The molecule has 26 heavy (non-hydrogen) atoms. The first-order chi connectivity index (χ1) is 12.5. The third-order valence-corrected chi connectivity index (χ3v) is 5.06. The topological polar surface area (TPSA) is 75.5 Å². The van der Waals surface area contributed by atoms with Crippen molar-refractivity contribution in [3.63, 3.8) is 0 Å². The average Bonchev–Trinajstić information content (AvgIpc) is 2.64. The number of carbonyl (C=O) groups excluding carboxylic acids is 1. The van der Waals surface area contributed by atoms with Crippen LogP contribution in [0.4, 0.5) is 17.1 Å². The molecule has 1 aliphatic heterocycles. The van der Waals surface area contributed by atoms with Crippen molar-refractivity contribution in [3.8, 4) is 0 Å². The number of carbonyl (C=O) groups is 1. The molecule has 1 saturated heterocycles. The lowest BCUT2D eigenvalue weighted by atomic mass is 10.1. The molecule has 0 atom stereocenters. The van der Waals surface area contributed by atoms with Crippen LogP contribution in [0.2, 0.25) is 0 Å². The first kappa shape index (κ1) is 18.4. The van der Waals surface area contributed by atoms with Crippen LogP contribution >= 0.6 is 15.9 Å². The number of halogens is 1. The van der Waals surface area contributed by atoms with Gasteiger partial charge in [0, 0.05) is 35.4 Å². The Morgan fingerprint density at radius 2 is 1.88 bits per heavy atom. The van der Waals surface area contributed by atoms with Crippen LogP contribution in [-0.2, 0) is 0 Å². The van der Waals surface area contributed by atoms with E-state index in [0.717, 1.165) is 41.7 Å². The van der Waals surface area contributed by atoms with E-state index in [1.807, 2.05) is 25.1 Å². The number of nitrogens with one attached hydrogen (secondary N) is 1. The summed E-state index contributed by atoms with van der Waals surface area (Å²) in [7, 11) is 0. The van der Waals surface area contributed by atoms with Crippen molar-refractivity contribution in [2.24, 2.45) is 0 Å². The Balaban J connectivity index is 1.95. The molecule has 2 aromatic carbocycles. The first-order valence-corrected chi connectivity index (χ1v) is 9.36. The molecule has 2 aromatic rings. The Kier molecular flexibility index (Phi) is 5.56. The van der Waals surface area contributed by atoms with Gasteiger partial charge in [-0.3, -0.25) is 14.9 Å². The van der Waals surface area contributed by atoms with Gasteiger partial charge in [0.1, 0.15) is 0 Å². The highest BCUT2D eigenvalue weighted by atomic mass is 79.9. The van der Waals surface area contributed by atoms with E-state index in [9.17, 15) is 14.9 Å². The zero-order chi connectivity index (χ0) is 18.7. The first-order valence-electron chi connectivity index (χ1n) is 8.56. The van der Waals surface area contributed by atoms with Crippen molar-refractivity contribution < 1.29 is 9.72 Å². The molecule has 1 heterocycles. The molecule has 1 aliphatic rings. The number of rotatable bonds is 4. The van der Waals surface area contributed by atoms with Crippen LogP contribution in [-0.4, -0.2) is 23.9 Å². The van der Waals surface area contributed by atoms with Crippen molar-refractivity contribution in [2.45, 2.75) is 26.2 Å². The Labute approximate surface area is 160 Å². The van der Waals surface area contributed by atoms with Crippen molar-refractivity contribution in [3.05, 3.63) is 62.1 Å². The highest BCUT2D eigenvalue weighted by molar-refractivity contribution is 9.10. The lowest BCUT2D eigenvalue weighted by Crippen LogP contribution is -2.31. The smallest absolute Gasteiger partial charge is 0.270 e. The minimum absolute atomic E-state index is 0.0802. The van der Waals surface area contributed by atoms with E-state index in [0.29, 0.717) is 11.3 Å². The normalized spacial score (nSPS) is 14.2. The summed E-state index contributed by atoms with van der Waals surface area (Å²) < 4.78 is 0.928. The standard InChI is InChI=1S/C19H20BrN3O3/c1-13-11-14(20)5-7-17(13)21-19(24)16-12-15(23(25)26)6-8-18(16)22-9-3-2-4-10-22/h5-8,11-12H,2-4,9-10H2,1H3,(H,21,24). The quantitative estimate of drug-likeness (QED) is 0.566. The largest absolute Gasteiger partial charge is 0.371 e. The van der Waals surface area contributed by atoms with Gasteiger partial charge >= 0.3 is 0 Å². The number of nitrogens with zero attached hydrogens (tertiary/aromatic N) is 2. The van der Waals surface area contributed by atoms with Crippen LogP contribution in [0.5, 0.6) is 0 Å². The van der Waals surface area contributed by atoms with E-state index >= 15 is 0 Å². The maximum absolute atomic E-state index is 12.9. The molecule has 0 unspecified atom stereocenters. The molecule has 6 nitrogen and oxygen atoms in total. The molecule has 0 aliphatic carbocycles. The number of anilines is 2. The summed E-state index contributed by atoms with van der Waals surface area (Å²) >= 11 is 3.40. The summed E-state index contributed by atoms with van der Waals surface area (Å²) in [5.74, 6) is -0.334. The molecule has 1 N–H and O–H groups in total. The molecule has 3 rings (SSSR count). The molecular formula is C19H20BrN3O3. The maximum atomic E-state index is 12.9. The highest BCUT2D eigenvalue weighted by Crippen LogP contribution is 2.29. The summed E-state index contributed by atoms with van der Waals surface area (Å²) in [5, 5.41) is 14.1. The fraction of sp³-hybridized carbons (Fsp3) is 0.316. The number of nitro groups is 1. The zero-order valence-corrected chi connectivity index (χ0v) is 16.1. The predicted octanol–water partition coefficient (Wildman–Crippen LogP) is 4.91. The lowest BCUT2D eigenvalue weighted by molar-refractivity contribution is -0.384. The second kappa shape index (κ2) is 7.86. The molecule has 1 amide bonds. The Morgan fingerprint density at radius 3 is 2.54 bits per heavy atom. The van der Waals surface area contributed by atoms with Crippen LogP contribution in [0.1, 0.15) is 35.2 Å². The van der Waals surface area contributed by atoms with Gasteiger partial charge in [0.25, 0.3) is 11.6 Å². The number of benzene rings is 2. The van der Waals surface area contributed by atoms with Crippen molar-refractivity contribution in [2.75, 3.05) is 23.3 Å². The molecule has 7 heteroatoms. The van der Waals surface area contributed by atoms with Crippen molar-refractivity contribution in [1.29, 1.82) is 0 Å². The number of non-ortho nitro benzene ring substituents is 1. The third kappa shape index (κ3) is 4.04. The Morgan fingerprint density at radius 1 is 1.15 bits per heavy atom. The molecule has 0 spiro atoms. The Bertz CT molecular complexity index is 848. The van der Waals surface area contributed by atoms with E-state index in [4.69, 9.17) is 0 Å². The van der Waals surface area contributed by atoms with E-state index in [1.165, 1.54) is 18.6 Å².